The predicted molar refractivity (Wildman–Crippen MR) is 81.6 cm³/mol. The number of nitro groups is 1. The van der Waals surface area contributed by atoms with Crippen molar-refractivity contribution in [3.8, 4) is 0 Å². The van der Waals surface area contributed by atoms with Crippen molar-refractivity contribution < 1.29 is 9.72 Å². The van der Waals surface area contributed by atoms with E-state index in [9.17, 15) is 14.9 Å². The Morgan fingerprint density at radius 1 is 1.52 bits per heavy atom. The fourth-order valence-electron chi connectivity index (χ4n) is 2.70. The van der Waals surface area contributed by atoms with Crippen LogP contribution in [0.25, 0.3) is 0 Å². The Balaban J connectivity index is 2.39. The summed E-state index contributed by atoms with van der Waals surface area (Å²) in [5.41, 5.74) is 0.695. The number of nitrogens with one attached hydrogen (secondary N) is 1. The molecule has 2 rings (SSSR count). The minimum Gasteiger partial charge on any atom is -0.379 e. The van der Waals surface area contributed by atoms with Crippen LogP contribution in [0.2, 0.25) is 0 Å². The zero-order chi connectivity index (χ0) is 15.4. The average Bonchev–Trinajstić information content (AvgIpc) is 2.90. The fraction of sp³-hybridized carbons (Fsp3) is 0.533. The van der Waals surface area contributed by atoms with E-state index in [1.807, 2.05) is 13.8 Å². The first-order chi connectivity index (χ1) is 10.1. The Bertz CT molecular complexity index is 545. The SMILES string of the molecule is CCCNc1c(C(=O)N2CCCC2C)cccc1[N+](=O)[O-]. The maximum absolute atomic E-state index is 12.7. The number of hydrogen-bond acceptors (Lipinski definition) is 4. The molecule has 1 unspecified atom stereocenters. The second kappa shape index (κ2) is 6.56. The van der Waals surface area contributed by atoms with Gasteiger partial charge in [0.1, 0.15) is 5.69 Å². The fourth-order valence-corrected chi connectivity index (χ4v) is 2.70. The van der Waals surface area contributed by atoms with Gasteiger partial charge in [-0.1, -0.05) is 13.0 Å². The molecule has 1 aliphatic heterocycles. The van der Waals surface area contributed by atoms with E-state index in [0.717, 1.165) is 25.8 Å². The van der Waals surface area contributed by atoms with E-state index >= 15 is 0 Å². The lowest BCUT2D eigenvalue weighted by Gasteiger charge is -2.23. The summed E-state index contributed by atoms with van der Waals surface area (Å²) in [6.07, 6.45) is 2.80. The molecule has 1 aromatic carbocycles. The third-order valence-corrected chi connectivity index (χ3v) is 3.84. The van der Waals surface area contributed by atoms with E-state index in [2.05, 4.69) is 5.32 Å². The van der Waals surface area contributed by atoms with E-state index < -0.39 is 4.92 Å². The molecule has 0 saturated carbocycles. The molecule has 0 aromatic heterocycles. The van der Waals surface area contributed by atoms with Crippen molar-refractivity contribution in [1.82, 2.24) is 4.90 Å². The zero-order valence-electron chi connectivity index (χ0n) is 12.5. The van der Waals surface area contributed by atoms with Crippen LogP contribution < -0.4 is 5.32 Å². The van der Waals surface area contributed by atoms with Crippen molar-refractivity contribution >= 4 is 17.3 Å². The Morgan fingerprint density at radius 3 is 2.86 bits per heavy atom. The van der Waals surface area contributed by atoms with Crippen molar-refractivity contribution in [2.24, 2.45) is 0 Å². The highest BCUT2D eigenvalue weighted by atomic mass is 16.6. The molecule has 114 valence electrons. The number of hydrogen-bond donors (Lipinski definition) is 1. The Labute approximate surface area is 124 Å². The van der Waals surface area contributed by atoms with Crippen LogP contribution in [0.4, 0.5) is 11.4 Å². The molecule has 1 N–H and O–H groups in total. The maximum Gasteiger partial charge on any atom is 0.293 e. The van der Waals surface area contributed by atoms with Crippen molar-refractivity contribution in [2.45, 2.75) is 39.2 Å². The van der Waals surface area contributed by atoms with E-state index in [1.165, 1.54) is 6.07 Å². The second-order valence-electron chi connectivity index (χ2n) is 5.37. The summed E-state index contributed by atoms with van der Waals surface area (Å²) in [4.78, 5) is 25.2. The van der Waals surface area contributed by atoms with Gasteiger partial charge < -0.3 is 10.2 Å². The summed E-state index contributed by atoms with van der Waals surface area (Å²) in [7, 11) is 0. The number of rotatable bonds is 5. The molecule has 21 heavy (non-hydrogen) atoms. The Kier molecular flexibility index (Phi) is 4.77. The third-order valence-electron chi connectivity index (χ3n) is 3.84. The number of benzene rings is 1. The number of para-hydroxylation sites is 1. The van der Waals surface area contributed by atoms with Crippen LogP contribution >= 0.6 is 0 Å². The minimum atomic E-state index is -0.442. The molecule has 1 fully saturated rings. The minimum absolute atomic E-state index is 0.0406. The maximum atomic E-state index is 12.7. The lowest BCUT2D eigenvalue weighted by molar-refractivity contribution is -0.384. The third kappa shape index (κ3) is 3.15. The molecule has 1 aromatic rings. The van der Waals surface area contributed by atoms with Crippen LogP contribution in [0, 0.1) is 10.1 Å². The quantitative estimate of drug-likeness (QED) is 0.668. The molecule has 1 heterocycles. The van der Waals surface area contributed by atoms with Crippen LogP contribution in [0.5, 0.6) is 0 Å². The largest absolute Gasteiger partial charge is 0.379 e. The molecular formula is C15H21N3O3. The molecule has 0 aliphatic carbocycles. The number of likely N-dealkylation sites (tertiary alicyclic amines) is 1. The molecule has 0 spiro atoms. The summed E-state index contributed by atoms with van der Waals surface area (Å²) in [5.74, 6) is -0.123. The summed E-state index contributed by atoms with van der Waals surface area (Å²) < 4.78 is 0. The van der Waals surface area contributed by atoms with Gasteiger partial charge in [0.2, 0.25) is 0 Å². The van der Waals surface area contributed by atoms with Gasteiger partial charge in [-0.3, -0.25) is 14.9 Å². The molecule has 1 saturated heterocycles. The number of carbonyl (C=O) groups excluding carboxylic acids is 1. The summed E-state index contributed by atoms with van der Waals surface area (Å²) >= 11 is 0. The molecule has 6 nitrogen and oxygen atoms in total. The number of carbonyl (C=O) groups is 1. The van der Waals surface area contributed by atoms with E-state index in [1.54, 1.807) is 17.0 Å². The first kappa shape index (κ1) is 15.3. The summed E-state index contributed by atoms with van der Waals surface area (Å²) in [6, 6.07) is 4.86. The number of anilines is 1. The Hall–Kier alpha value is -2.11. The Morgan fingerprint density at radius 2 is 2.29 bits per heavy atom. The van der Waals surface area contributed by atoms with Gasteiger partial charge in [-0.2, -0.15) is 0 Å². The van der Waals surface area contributed by atoms with Crippen LogP contribution in [0.1, 0.15) is 43.5 Å². The lowest BCUT2D eigenvalue weighted by atomic mass is 10.1. The topological polar surface area (TPSA) is 75.5 Å². The van der Waals surface area contributed by atoms with Crippen molar-refractivity contribution in [3.05, 3.63) is 33.9 Å². The monoisotopic (exact) mass is 291 g/mol. The summed E-state index contributed by atoms with van der Waals surface area (Å²) in [6.45, 7) is 5.31. The van der Waals surface area contributed by atoms with Crippen LogP contribution in [-0.2, 0) is 0 Å². The van der Waals surface area contributed by atoms with Gasteiger partial charge in [0.25, 0.3) is 11.6 Å². The molecule has 1 aliphatic rings. The highest BCUT2D eigenvalue weighted by Crippen LogP contribution is 2.31. The van der Waals surface area contributed by atoms with Gasteiger partial charge in [0, 0.05) is 25.2 Å². The normalized spacial score (nSPS) is 17.8. The average molecular weight is 291 g/mol. The molecule has 0 bridgehead atoms. The summed E-state index contributed by atoms with van der Waals surface area (Å²) in [5, 5.41) is 14.2. The van der Waals surface area contributed by atoms with E-state index in [4.69, 9.17) is 0 Å². The number of nitro benzene ring substituents is 1. The van der Waals surface area contributed by atoms with Gasteiger partial charge in [-0.15, -0.1) is 0 Å². The van der Waals surface area contributed by atoms with Crippen molar-refractivity contribution in [1.29, 1.82) is 0 Å². The van der Waals surface area contributed by atoms with Crippen molar-refractivity contribution in [3.63, 3.8) is 0 Å². The second-order valence-corrected chi connectivity index (χ2v) is 5.37. The first-order valence-corrected chi connectivity index (χ1v) is 7.38. The highest BCUT2D eigenvalue weighted by Gasteiger charge is 2.29. The van der Waals surface area contributed by atoms with E-state index in [0.29, 0.717) is 17.8 Å². The first-order valence-electron chi connectivity index (χ1n) is 7.38. The number of nitrogens with zero attached hydrogens (tertiary/aromatic N) is 2. The lowest BCUT2D eigenvalue weighted by Crippen LogP contribution is -2.34. The van der Waals surface area contributed by atoms with Gasteiger partial charge >= 0.3 is 0 Å². The molecular weight excluding hydrogens is 270 g/mol. The molecule has 6 heteroatoms. The van der Waals surface area contributed by atoms with Crippen LogP contribution in [-0.4, -0.2) is 34.9 Å². The molecule has 1 amide bonds. The van der Waals surface area contributed by atoms with Crippen molar-refractivity contribution in [2.75, 3.05) is 18.4 Å². The van der Waals surface area contributed by atoms with Gasteiger partial charge in [0.05, 0.1) is 10.5 Å². The van der Waals surface area contributed by atoms with Gasteiger partial charge in [0.15, 0.2) is 0 Å². The van der Waals surface area contributed by atoms with Crippen LogP contribution in [0.15, 0.2) is 18.2 Å². The number of amides is 1. The smallest absolute Gasteiger partial charge is 0.293 e. The van der Waals surface area contributed by atoms with Gasteiger partial charge in [-0.05, 0) is 32.3 Å². The van der Waals surface area contributed by atoms with Crippen LogP contribution in [0.3, 0.4) is 0 Å². The standard InChI is InChI=1S/C15H21N3O3/c1-3-9-16-14-12(7-4-8-13(14)18(20)21)15(19)17-10-5-6-11(17)2/h4,7-8,11,16H,3,5-6,9-10H2,1-2H3. The van der Waals surface area contributed by atoms with E-state index in [-0.39, 0.29) is 17.6 Å². The highest BCUT2D eigenvalue weighted by molar-refractivity contribution is 6.01. The predicted octanol–water partition coefficient (Wildman–Crippen LogP) is 3.04. The van der Waals surface area contributed by atoms with Gasteiger partial charge in [-0.25, -0.2) is 0 Å². The molecule has 0 radical (unpaired) electrons. The zero-order valence-corrected chi connectivity index (χ0v) is 12.5. The molecule has 1 atom stereocenters.